The van der Waals surface area contributed by atoms with Gasteiger partial charge in [-0.2, -0.15) is 0 Å². The van der Waals surface area contributed by atoms with Crippen LogP contribution in [0.5, 0.6) is 0 Å². The van der Waals surface area contributed by atoms with Crippen LogP contribution in [0.25, 0.3) is 0 Å². The third kappa shape index (κ3) is 1.83. The molecule has 0 bridgehead atoms. The fraction of sp³-hybridized carbons (Fsp3) is 0.429. The Hall–Kier alpha value is 0.660. The molecule has 0 radical (unpaired) electrons. The SMILES string of the molecule is Cc1cc(Br)c(C(C)Br)s1. The summed E-state index contributed by atoms with van der Waals surface area (Å²) in [5.74, 6) is 0. The van der Waals surface area contributed by atoms with Crippen molar-refractivity contribution < 1.29 is 0 Å². The van der Waals surface area contributed by atoms with E-state index in [9.17, 15) is 0 Å². The lowest BCUT2D eigenvalue weighted by Crippen LogP contribution is -1.75. The molecule has 1 aromatic heterocycles. The Kier molecular flexibility index (Phi) is 2.95. The van der Waals surface area contributed by atoms with Crippen molar-refractivity contribution in [2.45, 2.75) is 18.7 Å². The molecule has 0 aliphatic heterocycles. The van der Waals surface area contributed by atoms with Gasteiger partial charge in [-0.1, -0.05) is 15.9 Å². The summed E-state index contributed by atoms with van der Waals surface area (Å²) in [6, 6.07) is 2.15. The number of aryl methyl sites for hydroxylation is 1. The number of thiophene rings is 1. The molecule has 1 unspecified atom stereocenters. The van der Waals surface area contributed by atoms with E-state index in [2.05, 4.69) is 51.8 Å². The molecule has 1 aromatic rings. The molecule has 0 fully saturated rings. The van der Waals surface area contributed by atoms with Crippen LogP contribution in [0, 0.1) is 6.92 Å². The average Bonchev–Trinajstić information content (AvgIpc) is 2.10. The van der Waals surface area contributed by atoms with E-state index in [1.54, 1.807) is 0 Å². The van der Waals surface area contributed by atoms with Crippen molar-refractivity contribution in [2.24, 2.45) is 0 Å². The smallest absolute Gasteiger partial charge is 0.0472 e. The van der Waals surface area contributed by atoms with Crippen LogP contribution in [-0.2, 0) is 0 Å². The van der Waals surface area contributed by atoms with E-state index in [0.29, 0.717) is 4.83 Å². The molecule has 1 rings (SSSR count). The van der Waals surface area contributed by atoms with E-state index >= 15 is 0 Å². The van der Waals surface area contributed by atoms with Crippen molar-refractivity contribution in [3.8, 4) is 0 Å². The van der Waals surface area contributed by atoms with Gasteiger partial charge in [0.25, 0.3) is 0 Å². The highest BCUT2D eigenvalue weighted by Crippen LogP contribution is 2.35. The van der Waals surface area contributed by atoms with Gasteiger partial charge in [-0.25, -0.2) is 0 Å². The first-order chi connectivity index (χ1) is 4.61. The van der Waals surface area contributed by atoms with Crippen molar-refractivity contribution in [3.63, 3.8) is 0 Å². The first-order valence-electron chi connectivity index (χ1n) is 3.01. The molecule has 0 nitrogen and oxygen atoms in total. The summed E-state index contributed by atoms with van der Waals surface area (Å²) in [7, 11) is 0. The van der Waals surface area contributed by atoms with Gasteiger partial charge >= 0.3 is 0 Å². The van der Waals surface area contributed by atoms with E-state index < -0.39 is 0 Å². The van der Waals surface area contributed by atoms with Crippen molar-refractivity contribution in [1.82, 2.24) is 0 Å². The Bertz CT molecular complexity index is 228. The van der Waals surface area contributed by atoms with Gasteiger partial charge in [0, 0.05) is 19.1 Å². The van der Waals surface area contributed by atoms with Crippen LogP contribution >= 0.6 is 43.2 Å². The fourth-order valence-corrected chi connectivity index (χ4v) is 3.53. The van der Waals surface area contributed by atoms with Crippen LogP contribution < -0.4 is 0 Å². The van der Waals surface area contributed by atoms with Crippen LogP contribution in [0.3, 0.4) is 0 Å². The van der Waals surface area contributed by atoms with Crippen LogP contribution in [0.15, 0.2) is 10.5 Å². The topological polar surface area (TPSA) is 0 Å². The maximum absolute atomic E-state index is 3.53. The number of halogens is 2. The van der Waals surface area contributed by atoms with E-state index in [-0.39, 0.29) is 0 Å². The molecular formula is C7H8Br2S. The summed E-state index contributed by atoms with van der Waals surface area (Å²) in [6.45, 7) is 4.25. The van der Waals surface area contributed by atoms with E-state index in [1.807, 2.05) is 11.3 Å². The molecule has 10 heavy (non-hydrogen) atoms. The average molecular weight is 284 g/mol. The number of rotatable bonds is 1. The van der Waals surface area contributed by atoms with Crippen LogP contribution in [0.2, 0.25) is 0 Å². The number of hydrogen-bond acceptors (Lipinski definition) is 1. The van der Waals surface area contributed by atoms with Gasteiger partial charge in [-0.05, 0) is 35.8 Å². The van der Waals surface area contributed by atoms with Crippen molar-refractivity contribution >= 4 is 43.2 Å². The maximum atomic E-state index is 3.53. The minimum atomic E-state index is 0.459. The second-order valence-corrected chi connectivity index (χ2v) is 5.70. The standard InChI is InChI=1S/C7H8Br2S/c1-4-3-6(9)7(10-4)5(2)8/h3,5H,1-2H3. The Balaban J connectivity index is 3.03. The van der Waals surface area contributed by atoms with Gasteiger partial charge in [-0.15, -0.1) is 11.3 Å². The summed E-state index contributed by atoms with van der Waals surface area (Å²) in [5, 5.41) is 0. The lowest BCUT2D eigenvalue weighted by atomic mass is 10.4. The molecule has 0 aliphatic rings. The van der Waals surface area contributed by atoms with Gasteiger partial charge in [0.15, 0.2) is 0 Å². The summed E-state index contributed by atoms with van der Waals surface area (Å²) >= 11 is 8.85. The summed E-state index contributed by atoms with van der Waals surface area (Å²) in [6.07, 6.45) is 0. The monoisotopic (exact) mass is 282 g/mol. The highest BCUT2D eigenvalue weighted by atomic mass is 79.9. The van der Waals surface area contributed by atoms with E-state index in [1.165, 1.54) is 14.2 Å². The van der Waals surface area contributed by atoms with Gasteiger partial charge in [0.05, 0.1) is 0 Å². The second-order valence-electron chi connectivity index (χ2n) is 2.19. The highest BCUT2D eigenvalue weighted by molar-refractivity contribution is 9.11. The van der Waals surface area contributed by atoms with Gasteiger partial charge in [0.2, 0.25) is 0 Å². The molecule has 56 valence electrons. The summed E-state index contributed by atoms with van der Waals surface area (Å²) < 4.78 is 1.22. The highest BCUT2D eigenvalue weighted by Gasteiger charge is 2.08. The van der Waals surface area contributed by atoms with Gasteiger partial charge in [-0.3, -0.25) is 0 Å². The van der Waals surface area contributed by atoms with Crippen molar-refractivity contribution in [1.29, 1.82) is 0 Å². The number of hydrogen-bond donors (Lipinski definition) is 0. The predicted molar refractivity (Wildman–Crippen MR) is 54.1 cm³/mol. The lowest BCUT2D eigenvalue weighted by molar-refractivity contribution is 1.16. The van der Waals surface area contributed by atoms with Crippen molar-refractivity contribution in [2.75, 3.05) is 0 Å². The molecule has 0 saturated heterocycles. The molecule has 3 heteroatoms. The Morgan fingerprint density at radius 1 is 1.60 bits per heavy atom. The molecule has 1 atom stereocenters. The third-order valence-electron chi connectivity index (χ3n) is 1.20. The minimum absolute atomic E-state index is 0.459. The first kappa shape index (κ1) is 8.75. The lowest BCUT2D eigenvalue weighted by Gasteiger charge is -1.97. The zero-order valence-electron chi connectivity index (χ0n) is 5.82. The van der Waals surface area contributed by atoms with Crippen LogP contribution in [0.1, 0.15) is 21.5 Å². The van der Waals surface area contributed by atoms with Gasteiger partial charge < -0.3 is 0 Å². The molecule has 0 saturated carbocycles. The zero-order chi connectivity index (χ0) is 7.72. The summed E-state index contributed by atoms with van der Waals surface area (Å²) in [5.41, 5.74) is 0. The van der Waals surface area contributed by atoms with Crippen molar-refractivity contribution in [3.05, 3.63) is 20.3 Å². The summed E-state index contributed by atoms with van der Waals surface area (Å²) in [4.78, 5) is 3.19. The Morgan fingerprint density at radius 3 is 2.40 bits per heavy atom. The Labute approximate surface area is 81.9 Å². The molecule has 0 N–H and O–H groups in total. The Morgan fingerprint density at radius 2 is 2.20 bits per heavy atom. The van der Waals surface area contributed by atoms with E-state index in [0.717, 1.165) is 0 Å². The normalized spacial score (nSPS) is 13.6. The largest absolute Gasteiger partial charge is 0.143 e. The third-order valence-corrected chi connectivity index (χ3v) is 4.11. The van der Waals surface area contributed by atoms with E-state index in [4.69, 9.17) is 0 Å². The molecule has 0 aromatic carbocycles. The number of alkyl halides is 1. The van der Waals surface area contributed by atoms with Crippen LogP contribution in [-0.4, -0.2) is 0 Å². The zero-order valence-corrected chi connectivity index (χ0v) is 9.81. The predicted octanol–water partition coefficient (Wildman–Crippen LogP) is 4.27. The first-order valence-corrected chi connectivity index (χ1v) is 5.53. The molecule has 0 spiro atoms. The molecular weight excluding hydrogens is 276 g/mol. The van der Waals surface area contributed by atoms with Gasteiger partial charge in [0.1, 0.15) is 0 Å². The maximum Gasteiger partial charge on any atom is 0.0472 e. The van der Waals surface area contributed by atoms with Crippen LogP contribution in [0.4, 0.5) is 0 Å². The molecule has 0 amide bonds. The minimum Gasteiger partial charge on any atom is -0.143 e. The molecule has 0 aliphatic carbocycles. The molecule has 1 heterocycles. The second kappa shape index (κ2) is 3.37. The quantitative estimate of drug-likeness (QED) is 0.675. The fourth-order valence-electron chi connectivity index (χ4n) is 0.772.